The van der Waals surface area contributed by atoms with Gasteiger partial charge in [-0.25, -0.2) is 4.39 Å². The van der Waals surface area contributed by atoms with Crippen molar-refractivity contribution in [3.63, 3.8) is 0 Å². The van der Waals surface area contributed by atoms with E-state index in [2.05, 4.69) is 31.4 Å². The first-order valence-electron chi connectivity index (χ1n) is 10.6. The third kappa shape index (κ3) is 6.35. The standard InChI is InChI=1S/C23H33FN4O4/c1-14(29)19(25)15-8-6-7-9-17(15)27-12-18(30)28-13-16(24)21(32-5)20(28)22(31)26-11-10-23(2,3)4/h6-9,16,20-21,25,27H,10-13H2,1-5H3,(H,26,31)/t16-,20-,21+/m0/s1. The maximum Gasteiger partial charge on any atom is 0.245 e. The zero-order valence-electron chi connectivity index (χ0n) is 19.3. The number of anilines is 1. The molecule has 0 aromatic heterocycles. The van der Waals surface area contributed by atoms with Crippen molar-refractivity contribution in [1.82, 2.24) is 10.2 Å². The third-order valence-electron chi connectivity index (χ3n) is 5.39. The van der Waals surface area contributed by atoms with Gasteiger partial charge in [0, 0.05) is 31.8 Å². The largest absolute Gasteiger partial charge is 0.376 e. The summed E-state index contributed by atoms with van der Waals surface area (Å²) < 4.78 is 19.8. The number of para-hydroxylation sites is 1. The number of benzene rings is 1. The Hall–Kier alpha value is -2.81. The van der Waals surface area contributed by atoms with E-state index < -0.39 is 35.9 Å². The lowest BCUT2D eigenvalue weighted by molar-refractivity contribution is -0.140. The second-order valence-corrected chi connectivity index (χ2v) is 9.14. The van der Waals surface area contributed by atoms with Crippen LogP contribution in [0.2, 0.25) is 0 Å². The topological polar surface area (TPSA) is 112 Å². The molecule has 1 saturated heterocycles. The summed E-state index contributed by atoms with van der Waals surface area (Å²) >= 11 is 0. The number of hydrogen-bond donors (Lipinski definition) is 3. The van der Waals surface area contributed by atoms with Gasteiger partial charge in [-0.2, -0.15) is 0 Å². The minimum absolute atomic E-state index is 0.0205. The normalized spacial score (nSPS) is 20.7. The van der Waals surface area contributed by atoms with E-state index in [1.165, 1.54) is 18.9 Å². The molecule has 2 amide bonds. The molecule has 0 unspecified atom stereocenters. The van der Waals surface area contributed by atoms with Crippen molar-refractivity contribution in [1.29, 1.82) is 5.41 Å². The molecule has 3 N–H and O–H groups in total. The first kappa shape index (κ1) is 25.5. The van der Waals surface area contributed by atoms with Gasteiger partial charge in [-0.15, -0.1) is 0 Å². The Kier molecular flexibility index (Phi) is 8.49. The summed E-state index contributed by atoms with van der Waals surface area (Å²) in [5.41, 5.74) is 0.642. The van der Waals surface area contributed by atoms with Gasteiger partial charge in [0.25, 0.3) is 0 Å². The number of likely N-dealkylation sites (tertiary alicyclic amines) is 1. The molecule has 0 aliphatic carbocycles. The van der Waals surface area contributed by atoms with Gasteiger partial charge in [-0.1, -0.05) is 39.0 Å². The van der Waals surface area contributed by atoms with Gasteiger partial charge in [-0.05, 0) is 17.9 Å². The van der Waals surface area contributed by atoms with Crippen molar-refractivity contribution in [2.45, 2.75) is 52.4 Å². The zero-order chi connectivity index (χ0) is 24.1. The van der Waals surface area contributed by atoms with Crippen molar-refractivity contribution in [3.05, 3.63) is 29.8 Å². The van der Waals surface area contributed by atoms with Crippen LogP contribution in [0.1, 0.15) is 39.7 Å². The average Bonchev–Trinajstić information content (AvgIpc) is 3.07. The lowest BCUT2D eigenvalue weighted by atomic mass is 9.92. The number of carbonyl (C=O) groups is 3. The molecule has 0 bridgehead atoms. The lowest BCUT2D eigenvalue weighted by Gasteiger charge is -2.27. The average molecular weight is 449 g/mol. The molecule has 1 heterocycles. The van der Waals surface area contributed by atoms with Gasteiger partial charge < -0.3 is 20.3 Å². The summed E-state index contributed by atoms with van der Waals surface area (Å²) in [5.74, 6) is -1.33. The number of halogens is 1. The molecule has 8 nitrogen and oxygen atoms in total. The predicted molar refractivity (Wildman–Crippen MR) is 121 cm³/mol. The number of hydrogen-bond acceptors (Lipinski definition) is 6. The van der Waals surface area contributed by atoms with Crippen LogP contribution in [-0.4, -0.2) is 73.3 Å². The van der Waals surface area contributed by atoms with Crippen LogP contribution in [0, 0.1) is 10.8 Å². The number of nitrogens with one attached hydrogen (secondary N) is 3. The van der Waals surface area contributed by atoms with Gasteiger partial charge >= 0.3 is 0 Å². The van der Waals surface area contributed by atoms with E-state index in [-0.39, 0.29) is 24.2 Å². The first-order valence-corrected chi connectivity index (χ1v) is 10.6. The van der Waals surface area contributed by atoms with E-state index in [1.54, 1.807) is 24.3 Å². The fourth-order valence-electron chi connectivity index (χ4n) is 3.59. The van der Waals surface area contributed by atoms with Crippen LogP contribution in [0.5, 0.6) is 0 Å². The summed E-state index contributed by atoms with van der Waals surface area (Å²) in [4.78, 5) is 38.5. The van der Waals surface area contributed by atoms with Gasteiger partial charge in [0.15, 0.2) is 5.78 Å². The highest BCUT2D eigenvalue weighted by atomic mass is 19.1. The monoisotopic (exact) mass is 448 g/mol. The number of methoxy groups -OCH3 is 1. The highest BCUT2D eigenvalue weighted by molar-refractivity contribution is 6.45. The molecule has 1 aliphatic heterocycles. The number of ether oxygens (including phenoxy) is 1. The van der Waals surface area contributed by atoms with Crippen LogP contribution in [0.3, 0.4) is 0 Å². The minimum Gasteiger partial charge on any atom is -0.376 e. The maximum atomic E-state index is 14.6. The summed E-state index contributed by atoms with van der Waals surface area (Å²) in [7, 11) is 1.32. The van der Waals surface area contributed by atoms with Crippen molar-refractivity contribution >= 4 is 29.0 Å². The minimum atomic E-state index is -1.49. The number of rotatable bonds is 9. The highest BCUT2D eigenvalue weighted by Gasteiger charge is 2.48. The van der Waals surface area contributed by atoms with Crippen LogP contribution in [0.4, 0.5) is 10.1 Å². The summed E-state index contributed by atoms with van der Waals surface area (Å²) in [5, 5.41) is 13.7. The number of nitrogens with zero attached hydrogens (tertiary/aromatic N) is 1. The number of Topliss-reactive ketones (excluding diaryl/α,β-unsaturated/α-hetero) is 1. The van der Waals surface area contributed by atoms with Crippen molar-refractivity contribution in [2.75, 3.05) is 32.1 Å². The number of amides is 2. The molecular weight excluding hydrogens is 415 g/mol. The second-order valence-electron chi connectivity index (χ2n) is 9.14. The van der Waals surface area contributed by atoms with Gasteiger partial charge in [0.2, 0.25) is 11.8 Å². The van der Waals surface area contributed by atoms with Crippen LogP contribution < -0.4 is 10.6 Å². The molecule has 1 fully saturated rings. The maximum absolute atomic E-state index is 14.6. The summed E-state index contributed by atoms with van der Waals surface area (Å²) in [6.45, 7) is 7.38. The van der Waals surface area contributed by atoms with E-state index in [1.807, 2.05) is 0 Å². The number of carbonyl (C=O) groups excluding carboxylic acids is 3. The van der Waals surface area contributed by atoms with Crippen LogP contribution >= 0.6 is 0 Å². The van der Waals surface area contributed by atoms with Crippen LogP contribution in [-0.2, 0) is 19.1 Å². The first-order chi connectivity index (χ1) is 15.0. The Balaban J connectivity index is 2.11. The Labute approximate surface area is 188 Å². The number of alkyl halides is 1. The van der Waals surface area contributed by atoms with Crippen molar-refractivity contribution in [3.8, 4) is 0 Å². The Morgan fingerprint density at radius 3 is 2.50 bits per heavy atom. The molecule has 0 spiro atoms. The van der Waals surface area contributed by atoms with Crippen LogP contribution in [0.15, 0.2) is 24.3 Å². The highest BCUT2D eigenvalue weighted by Crippen LogP contribution is 2.25. The second kappa shape index (κ2) is 10.7. The molecule has 9 heteroatoms. The molecule has 32 heavy (non-hydrogen) atoms. The molecule has 0 saturated carbocycles. The van der Waals surface area contributed by atoms with Crippen molar-refractivity contribution in [2.24, 2.45) is 5.41 Å². The van der Waals surface area contributed by atoms with E-state index >= 15 is 0 Å². The smallest absolute Gasteiger partial charge is 0.245 e. The predicted octanol–water partition coefficient (Wildman–Crippen LogP) is 2.17. The van der Waals surface area contributed by atoms with Gasteiger partial charge in [0.05, 0.1) is 13.1 Å². The molecule has 176 valence electrons. The Bertz CT molecular complexity index is 868. The molecule has 1 aromatic carbocycles. The lowest BCUT2D eigenvalue weighted by Crippen LogP contribution is -2.52. The molecule has 1 aromatic rings. The Morgan fingerprint density at radius 1 is 1.25 bits per heavy atom. The third-order valence-corrected chi connectivity index (χ3v) is 5.39. The van der Waals surface area contributed by atoms with Gasteiger partial charge in [0.1, 0.15) is 24.0 Å². The van der Waals surface area contributed by atoms with Crippen molar-refractivity contribution < 1.29 is 23.5 Å². The van der Waals surface area contributed by atoms with E-state index in [4.69, 9.17) is 10.1 Å². The quantitative estimate of drug-likeness (QED) is 0.502. The fourth-order valence-corrected chi connectivity index (χ4v) is 3.59. The molecule has 1 aliphatic rings. The fraction of sp³-hybridized carbons (Fsp3) is 0.565. The molecule has 0 radical (unpaired) electrons. The van der Waals surface area contributed by atoms with Crippen LogP contribution in [0.25, 0.3) is 0 Å². The zero-order valence-corrected chi connectivity index (χ0v) is 19.3. The summed E-state index contributed by atoms with van der Waals surface area (Å²) in [6.07, 6.45) is -1.80. The molecule has 3 atom stereocenters. The SMILES string of the molecule is CO[C@H]1[C@@H](C(=O)NCCC(C)(C)C)N(C(=O)CNc2ccccc2C(=N)C(C)=O)C[C@@H]1F. The van der Waals surface area contributed by atoms with E-state index in [0.717, 1.165) is 6.42 Å². The number of ketones is 1. The summed E-state index contributed by atoms with van der Waals surface area (Å²) in [6, 6.07) is 5.58. The van der Waals surface area contributed by atoms with Gasteiger partial charge in [-0.3, -0.25) is 19.8 Å². The molecule has 2 rings (SSSR count). The van der Waals surface area contributed by atoms with E-state index in [9.17, 15) is 18.8 Å². The van der Waals surface area contributed by atoms with E-state index in [0.29, 0.717) is 17.8 Å². The Morgan fingerprint density at radius 2 is 1.91 bits per heavy atom. The molecular formula is C23H33FN4O4.